The van der Waals surface area contributed by atoms with Crippen LogP contribution in [0.4, 0.5) is 0 Å². The molecule has 0 radical (unpaired) electrons. The molecular weight excluding hydrogens is 336 g/mol. The first-order valence-electron chi connectivity index (χ1n) is 9.72. The largest absolute Gasteiger partial charge is 0.379 e. The predicted molar refractivity (Wildman–Crippen MR) is 99.5 cm³/mol. The normalized spacial score (nSPS) is 30.7. The van der Waals surface area contributed by atoms with Gasteiger partial charge in [0, 0.05) is 33.0 Å². The van der Waals surface area contributed by atoms with Crippen LogP contribution in [0, 0.1) is 0 Å². The third-order valence-electron chi connectivity index (χ3n) is 4.22. The van der Waals surface area contributed by atoms with Crippen LogP contribution < -0.4 is 0 Å². The molecule has 0 aromatic heterocycles. The highest BCUT2D eigenvalue weighted by molar-refractivity contribution is 4.94. The van der Waals surface area contributed by atoms with Gasteiger partial charge in [0.25, 0.3) is 0 Å². The van der Waals surface area contributed by atoms with Crippen molar-refractivity contribution >= 4 is 0 Å². The van der Waals surface area contributed by atoms with E-state index in [2.05, 4.69) is 6.58 Å². The molecule has 6 nitrogen and oxygen atoms in total. The van der Waals surface area contributed by atoms with Gasteiger partial charge < -0.3 is 28.4 Å². The van der Waals surface area contributed by atoms with Gasteiger partial charge in [-0.05, 0) is 31.3 Å². The summed E-state index contributed by atoms with van der Waals surface area (Å²) < 4.78 is 34.3. The Kier molecular flexibility index (Phi) is 11.9. The van der Waals surface area contributed by atoms with Crippen molar-refractivity contribution < 1.29 is 28.4 Å². The van der Waals surface area contributed by atoms with Gasteiger partial charge in [0.2, 0.25) is 0 Å². The van der Waals surface area contributed by atoms with Crippen LogP contribution in [0.25, 0.3) is 0 Å². The van der Waals surface area contributed by atoms with Crippen LogP contribution in [-0.4, -0.2) is 78.3 Å². The molecule has 1 saturated heterocycles. The Labute approximate surface area is 157 Å². The fourth-order valence-corrected chi connectivity index (χ4v) is 2.83. The molecule has 0 spiro atoms. The molecule has 2 aliphatic rings. The van der Waals surface area contributed by atoms with Gasteiger partial charge in [-0.1, -0.05) is 18.7 Å². The van der Waals surface area contributed by atoms with Crippen LogP contribution in [0.3, 0.4) is 0 Å². The van der Waals surface area contributed by atoms with Gasteiger partial charge in [-0.3, -0.25) is 0 Å². The number of rotatable bonds is 0. The molecule has 0 amide bonds. The summed E-state index contributed by atoms with van der Waals surface area (Å²) in [6.07, 6.45) is 7.89. The number of fused-ring (bicyclic) bond motifs is 1. The maximum atomic E-state index is 5.95. The van der Waals surface area contributed by atoms with E-state index in [1.165, 1.54) is 0 Å². The van der Waals surface area contributed by atoms with Crippen molar-refractivity contribution in [3.05, 3.63) is 24.3 Å². The van der Waals surface area contributed by atoms with Gasteiger partial charge in [-0.15, -0.1) is 0 Å². The second-order valence-electron chi connectivity index (χ2n) is 6.61. The van der Waals surface area contributed by atoms with Gasteiger partial charge in [-0.25, -0.2) is 0 Å². The molecule has 0 aromatic carbocycles. The van der Waals surface area contributed by atoms with Gasteiger partial charge in [0.1, 0.15) is 6.10 Å². The molecule has 150 valence electrons. The lowest BCUT2D eigenvalue weighted by atomic mass is 10.1. The third-order valence-corrected chi connectivity index (χ3v) is 4.22. The minimum atomic E-state index is 0.0142. The Hall–Kier alpha value is -0.760. The van der Waals surface area contributed by atoms with Crippen LogP contribution in [0.2, 0.25) is 0 Å². The van der Waals surface area contributed by atoms with Gasteiger partial charge in [0.15, 0.2) is 0 Å². The Balaban J connectivity index is 1.73. The summed E-state index contributed by atoms with van der Waals surface area (Å²) in [6, 6.07) is 0. The van der Waals surface area contributed by atoms with Gasteiger partial charge in [-0.2, -0.15) is 0 Å². The predicted octanol–water partition coefficient (Wildman–Crippen LogP) is 2.52. The monoisotopic (exact) mass is 370 g/mol. The Morgan fingerprint density at radius 2 is 1.38 bits per heavy atom. The van der Waals surface area contributed by atoms with Crippen LogP contribution in [0.5, 0.6) is 0 Å². The molecule has 1 fully saturated rings. The molecule has 2 rings (SSSR count). The zero-order valence-corrected chi connectivity index (χ0v) is 15.9. The highest BCUT2D eigenvalue weighted by Crippen LogP contribution is 2.18. The molecule has 0 N–H and O–H groups in total. The van der Waals surface area contributed by atoms with Crippen molar-refractivity contribution in [1.82, 2.24) is 0 Å². The quantitative estimate of drug-likeness (QED) is 0.611. The summed E-state index contributed by atoms with van der Waals surface area (Å²) in [4.78, 5) is 0. The van der Waals surface area contributed by atoms with Crippen molar-refractivity contribution in [1.29, 1.82) is 0 Å². The number of ether oxygens (including phenoxy) is 6. The van der Waals surface area contributed by atoms with Crippen molar-refractivity contribution in [2.24, 2.45) is 0 Å². The molecule has 6 heteroatoms. The molecule has 26 heavy (non-hydrogen) atoms. The van der Waals surface area contributed by atoms with Crippen molar-refractivity contribution in [3.63, 3.8) is 0 Å². The fraction of sp³-hybridized carbons (Fsp3) is 0.800. The molecule has 2 heterocycles. The highest BCUT2D eigenvalue weighted by atomic mass is 16.6. The van der Waals surface area contributed by atoms with E-state index in [1.807, 2.05) is 12.2 Å². The minimum absolute atomic E-state index is 0.0142. The van der Waals surface area contributed by atoms with Gasteiger partial charge in [0.05, 0.1) is 39.1 Å². The maximum Gasteiger partial charge on any atom is 0.107 e. The average Bonchev–Trinajstić information content (AvgIpc) is 2.65. The summed E-state index contributed by atoms with van der Waals surface area (Å²) in [5.41, 5.74) is 0.955. The maximum absolute atomic E-state index is 5.95. The van der Waals surface area contributed by atoms with E-state index in [4.69, 9.17) is 28.4 Å². The van der Waals surface area contributed by atoms with Crippen molar-refractivity contribution in [3.8, 4) is 0 Å². The van der Waals surface area contributed by atoms with Crippen LogP contribution in [0.15, 0.2) is 24.3 Å². The second kappa shape index (κ2) is 14.3. The topological polar surface area (TPSA) is 55.4 Å². The van der Waals surface area contributed by atoms with Crippen molar-refractivity contribution in [2.45, 2.75) is 37.9 Å². The van der Waals surface area contributed by atoms with Gasteiger partial charge >= 0.3 is 0 Å². The van der Waals surface area contributed by atoms with Crippen molar-refractivity contribution in [2.75, 3.05) is 66.1 Å². The molecule has 0 bridgehead atoms. The number of hydrogen-bond donors (Lipinski definition) is 0. The highest BCUT2D eigenvalue weighted by Gasteiger charge is 2.26. The lowest BCUT2D eigenvalue weighted by Crippen LogP contribution is -2.39. The lowest BCUT2D eigenvalue weighted by Gasteiger charge is -2.31. The fourth-order valence-electron chi connectivity index (χ4n) is 2.83. The molecule has 2 aliphatic heterocycles. The summed E-state index contributed by atoms with van der Waals surface area (Å²) in [5, 5.41) is 0. The van der Waals surface area contributed by atoms with E-state index in [0.717, 1.165) is 37.9 Å². The van der Waals surface area contributed by atoms with E-state index in [-0.39, 0.29) is 12.2 Å². The smallest absolute Gasteiger partial charge is 0.107 e. The SMILES string of the molecule is C=C1COCCCOC/C=C\CO[C@H]2CCCO[C@@H]2COCCCOC1. The van der Waals surface area contributed by atoms with Crippen LogP contribution >= 0.6 is 0 Å². The van der Waals surface area contributed by atoms with E-state index in [0.29, 0.717) is 59.5 Å². The van der Waals surface area contributed by atoms with E-state index in [1.54, 1.807) is 0 Å². The lowest BCUT2D eigenvalue weighted by molar-refractivity contribution is -0.126. The van der Waals surface area contributed by atoms with Crippen LogP contribution in [0.1, 0.15) is 25.7 Å². The Morgan fingerprint density at radius 1 is 0.692 bits per heavy atom. The Bertz CT molecular complexity index is 398. The molecule has 0 aliphatic carbocycles. The first kappa shape index (κ1) is 21.5. The third kappa shape index (κ3) is 9.80. The first-order chi connectivity index (χ1) is 12.9. The standard InChI is InChI=1S/C20H34O6/c1-18-15-22-10-5-9-21-8-2-3-13-25-19-7-4-14-26-20(19)17-24-12-6-11-23-16-18/h2-3,19-20H,1,4-17H2/b3-2-/t19-,20+/m0/s1. The zero-order valence-electron chi connectivity index (χ0n) is 15.9. The molecule has 0 saturated carbocycles. The molecule has 0 aromatic rings. The second-order valence-corrected chi connectivity index (χ2v) is 6.61. The van der Waals surface area contributed by atoms with Crippen LogP contribution in [-0.2, 0) is 28.4 Å². The molecule has 0 unspecified atom stereocenters. The zero-order chi connectivity index (χ0) is 18.3. The molecular formula is C20H34O6. The van der Waals surface area contributed by atoms with E-state index >= 15 is 0 Å². The van der Waals surface area contributed by atoms with E-state index < -0.39 is 0 Å². The summed E-state index contributed by atoms with van der Waals surface area (Å²) >= 11 is 0. The first-order valence-corrected chi connectivity index (χ1v) is 9.72. The molecule has 2 atom stereocenters. The minimum Gasteiger partial charge on any atom is -0.379 e. The summed E-state index contributed by atoms with van der Waals surface area (Å²) in [7, 11) is 0. The number of hydrogen-bond acceptors (Lipinski definition) is 6. The summed E-state index contributed by atoms with van der Waals surface area (Å²) in [5.74, 6) is 0. The average molecular weight is 370 g/mol. The Morgan fingerprint density at radius 3 is 2.19 bits per heavy atom. The summed E-state index contributed by atoms with van der Waals surface area (Å²) in [6.45, 7) is 10.2. The van der Waals surface area contributed by atoms with E-state index in [9.17, 15) is 0 Å².